The molecule has 0 spiro atoms. The number of nitrogens with one attached hydrogen (secondary N) is 2. The van der Waals surface area contributed by atoms with Crippen molar-refractivity contribution < 1.29 is 18.0 Å². The molecule has 0 unspecified atom stereocenters. The summed E-state index contributed by atoms with van der Waals surface area (Å²) in [5.41, 5.74) is 0.810. The number of carbonyl (C=O) groups excluding carboxylic acids is 2. The van der Waals surface area contributed by atoms with Gasteiger partial charge in [-0.1, -0.05) is 18.9 Å². The first-order valence-electron chi connectivity index (χ1n) is 9.67. The van der Waals surface area contributed by atoms with E-state index in [2.05, 4.69) is 10.0 Å². The molecule has 0 aromatic heterocycles. The molecule has 2 aromatic rings. The third-order valence-electron chi connectivity index (χ3n) is 4.77. The van der Waals surface area contributed by atoms with Gasteiger partial charge in [-0.25, -0.2) is 13.1 Å². The fourth-order valence-electron chi connectivity index (χ4n) is 3.14. The summed E-state index contributed by atoms with van der Waals surface area (Å²) in [5.74, 6) is -0.405. The van der Waals surface area contributed by atoms with Crippen LogP contribution in [0.15, 0.2) is 58.3 Å². The van der Waals surface area contributed by atoms with Gasteiger partial charge in [0.2, 0.25) is 10.0 Å². The van der Waals surface area contributed by atoms with Gasteiger partial charge in [-0.05, 0) is 67.1 Å². The zero-order chi connectivity index (χ0) is 21.7. The second-order valence-corrected chi connectivity index (χ2v) is 10.1. The third-order valence-corrected chi connectivity index (χ3v) is 7.33. The summed E-state index contributed by atoms with van der Waals surface area (Å²) in [6, 6.07) is 12.9. The second kappa shape index (κ2) is 9.63. The Morgan fingerprint density at radius 3 is 2.33 bits per heavy atom. The van der Waals surface area contributed by atoms with E-state index in [1.807, 2.05) is 0 Å². The average molecular weight is 448 g/mol. The highest BCUT2D eigenvalue weighted by Gasteiger charge is 2.23. The minimum Gasteiger partial charge on any atom is -0.339 e. The molecule has 3 rings (SSSR count). The molecule has 0 atom stereocenters. The van der Waals surface area contributed by atoms with E-state index in [-0.39, 0.29) is 21.7 Å². The van der Waals surface area contributed by atoms with E-state index in [0.29, 0.717) is 5.69 Å². The molecule has 160 valence electrons. The maximum atomic E-state index is 12.6. The van der Waals surface area contributed by atoms with Crippen molar-refractivity contribution in [1.82, 2.24) is 9.62 Å². The van der Waals surface area contributed by atoms with Crippen LogP contribution < -0.4 is 10.0 Å². The summed E-state index contributed by atoms with van der Waals surface area (Å²) in [6.45, 7) is 0. The monoisotopic (exact) mass is 447 g/mol. The fourth-order valence-corrected chi connectivity index (χ4v) is 5.14. The Morgan fingerprint density at radius 1 is 1.03 bits per heavy atom. The molecule has 1 aliphatic carbocycles. The molecule has 9 heteroatoms. The molecule has 2 amide bonds. The molecule has 0 heterocycles. The van der Waals surface area contributed by atoms with Gasteiger partial charge in [0.25, 0.3) is 11.1 Å². The van der Waals surface area contributed by atoms with Crippen LogP contribution in [0.25, 0.3) is 0 Å². The van der Waals surface area contributed by atoms with Gasteiger partial charge in [0.15, 0.2) is 0 Å². The molecule has 1 fully saturated rings. The Bertz CT molecular complexity index is 1010. The second-order valence-electron chi connectivity index (χ2n) is 7.37. The van der Waals surface area contributed by atoms with Crippen LogP contribution in [0.5, 0.6) is 0 Å². The summed E-state index contributed by atoms with van der Waals surface area (Å²) in [5, 5.41) is 2.67. The molecule has 1 aliphatic rings. The van der Waals surface area contributed by atoms with Crippen molar-refractivity contribution in [2.75, 3.05) is 19.4 Å². The molecular formula is C21H25N3O4S2. The number of nitrogens with zero attached hydrogens (tertiary/aromatic N) is 1. The van der Waals surface area contributed by atoms with Crippen LogP contribution in [0.3, 0.4) is 0 Å². The number of rotatable bonds is 6. The highest BCUT2D eigenvalue weighted by atomic mass is 32.2. The number of hydrogen-bond donors (Lipinski definition) is 2. The van der Waals surface area contributed by atoms with Crippen LogP contribution in [0.1, 0.15) is 36.0 Å². The highest BCUT2D eigenvalue weighted by Crippen LogP contribution is 2.23. The summed E-state index contributed by atoms with van der Waals surface area (Å²) in [6.07, 6.45) is 3.73. The smallest absolute Gasteiger partial charge is 0.285 e. The standard InChI is InChI=1S/C21H25N3O4S2/c1-24(2)21(26)29-18-12-10-16(11-13-18)22-20(25)15-6-5-9-19(14-15)30(27,28)23-17-7-3-4-8-17/h5-6,9-14,17,23H,3-4,7-8H2,1-2H3,(H,22,25). The van der Waals surface area contributed by atoms with Gasteiger partial charge in [0, 0.05) is 36.3 Å². The van der Waals surface area contributed by atoms with Crippen LogP contribution in [-0.2, 0) is 10.0 Å². The molecule has 2 N–H and O–H groups in total. The third kappa shape index (κ3) is 5.84. The Morgan fingerprint density at radius 2 is 1.70 bits per heavy atom. The molecule has 2 aromatic carbocycles. The van der Waals surface area contributed by atoms with Crippen LogP contribution in [0.2, 0.25) is 0 Å². The minimum absolute atomic E-state index is 0.0387. The molecular weight excluding hydrogens is 422 g/mol. The Labute approximate surface area is 181 Å². The topological polar surface area (TPSA) is 95.6 Å². The van der Waals surface area contributed by atoms with Gasteiger partial charge in [-0.15, -0.1) is 0 Å². The summed E-state index contributed by atoms with van der Waals surface area (Å²) < 4.78 is 28.0. The van der Waals surface area contributed by atoms with E-state index in [0.717, 1.165) is 42.3 Å². The van der Waals surface area contributed by atoms with Crippen molar-refractivity contribution in [3.8, 4) is 0 Å². The average Bonchev–Trinajstić information content (AvgIpc) is 3.21. The lowest BCUT2D eigenvalue weighted by molar-refractivity contribution is 0.102. The van der Waals surface area contributed by atoms with E-state index in [1.54, 1.807) is 50.5 Å². The normalized spacial score (nSPS) is 14.5. The van der Waals surface area contributed by atoms with Crippen LogP contribution in [-0.4, -0.2) is 44.6 Å². The Hall–Kier alpha value is -2.36. The molecule has 7 nitrogen and oxygen atoms in total. The number of carbonyl (C=O) groups is 2. The van der Waals surface area contributed by atoms with E-state index in [1.165, 1.54) is 17.0 Å². The lowest BCUT2D eigenvalue weighted by Gasteiger charge is -2.13. The number of benzene rings is 2. The number of hydrogen-bond acceptors (Lipinski definition) is 5. The van der Waals surface area contributed by atoms with Crippen molar-refractivity contribution in [2.45, 2.75) is 41.5 Å². The predicted octanol–water partition coefficient (Wildman–Crippen LogP) is 3.93. The van der Waals surface area contributed by atoms with Gasteiger partial charge in [-0.2, -0.15) is 0 Å². The number of amides is 2. The minimum atomic E-state index is -3.67. The van der Waals surface area contributed by atoms with Gasteiger partial charge >= 0.3 is 0 Å². The lowest BCUT2D eigenvalue weighted by Crippen LogP contribution is -2.32. The quantitative estimate of drug-likeness (QED) is 0.654. The van der Waals surface area contributed by atoms with Crippen molar-refractivity contribution in [2.24, 2.45) is 0 Å². The maximum absolute atomic E-state index is 12.6. The Kier molecular flexibility index (Phi) is 7.17. The van der Waals surface area contributed by atoms with Crippen LogP contribution in [0, 0.1) is 0 Å². The molecule has 0 aliphatic heterocycles. The highest BCUT2D eigenvalue weighted by molar-refractivity contribution is 8.13. The fraction of sp³-hybridized carbons (Fsp3) is 0.333. The van der Waals surface area contributed by atoms with Crippen molar-refractivity contribution in [1.29, 1.82) is 0 Å². The first kappa shape index (κ1) is 22.3. The zero-order valence-corrected chi connectivity index (χ0v) is 18.6. The summed E-state index contributed by atoms with van der Waals surface area (Å²) in [4.78, 5) is 26.7. The zero-order valence-electron chi connectivity index (χ0n) is 16.9. The van der Waals surface area contributed by atoms with Gasteiger partial charge < -0.3 is 10.2 Å². The first-order valence-corrected chi connectivity index (χ1v) is 12.0. The van der Waals surface area contributed by atoms with Gasteiger partial charge in [0.05, 0.1) is 4.90 Å². The van der Waals surface area contributed by atoms with E-state index >= 15 is 0 Å². The van der Waals surface area contributed by atoms with Crippen molar-refractivity contribution >= 4 is 38.6 Å². The van der Waals surface area contributed by atoms with Gasteiger partial charge in [-0.3, -0.25) is 9.59 Å². The van der Waals surface area contributed by atoms with Gasteiger partial charge in [0.1, 0.15) is 0 Å². The summed E-state index contributed by atoms with van der Waals surface area (Å²) >= 11 is 1.09. The van der Waals surface area contributed by atoms with E-state index in [4.69, 9.17) is 0 Å². The molecule has 0 radical (unpaired) electrons. The summed E-state index contributed by atoms with van der Waals surface area (Å²) in [7, 11) is -0.301. The predicted molar refractivity (Wildman–Crippen MR) is 118 cm³/mol. The first-order chi connectivity index (χ1) is 14.2. The number of sulfonamides is 1. The van der Waals surface area contributed by atoms with E-state index in [9.17, 15) is 18.0 Å². The number of anilines is 1. The van der Waals surface area contributed by atoms with Crippen LogP contribution in [0.4, 0.5) is 10.5 Å². The number of thioether (sulfide) groups is 1. The molecule has 0 bridgehead atoms. The maximum Gasteiger partial charge on any atom is 0.285 e. The largest absolute Gasteiger partial charge is 0.339 e. The van der Waals surface area contributed by atoms with Crippen LogP contribution >= 0.6 is 11.8 Å². The van der Waals surface area contributed by atoms with E-state index < -0.39 is 15.9 Å². The molecule has 30 heavy (non-hydrogen) atoms. The molecule has 0 saturated heterocycles. The Balaban J connectivity index is 1.67. The van der Waals surface area contributed by atoms with Crippen molar-refractivity contribution in [3.63, 3.8) is 0 Å². The van der Waals surface area contributed by atoms with Crippen molar-refractivity contribution in [3.05, 3.63) is 54.1 Å². The lowest BCUT2D eigenvalue weighted by atomic mass is 10.2. The molecule has 1 saturated carbocycles. The SMILES string of the molecule is CN(C)C(=O)Sc1ccc(NC(=O)c2cccc(S(=O)(=O)NC3CCCC3)c2)cc1.